The zero-order valence-electron chi connectivity index (χ0n) is 14.3. The number of hydrogen-bond donors (Lipinski definition) is 0. The molecule has 7 heteroatoms. The number of nitrogens with zero attached hydrogens (tertiary/aromatic N) is 2. The van der Waals surface area contributed by atoms with Crippen molar-refractivity contribution in [2.24, 2.45) is 0 Å². The van der Waals surface area contributed by atoms with Gasteiger partial charge in [0.1, 0.15) is 19.3 Å². The van der Waals surface area contributed by atoms with Crippen LogP contribution in [0.4, 0.5) is 4.79 Å². The Hall–Kier alpha value is -2.12. The van der Waals surface area contributed by atoms with E-state index in [0.29, 0.717) is 26.3 Å². The van der Waals surface area contributed by atoms with Crippen LogP contribution < -0.4 is 0 Å². The zero-order chi connectivity index (χ0) is 17.5. The molecule has 136 valence electrons. The predicted molar refractivity (Wildman–Crippen MR) is 90.0 cm³/mol. The summed E-state index contributed by atoms with van der Waals surface area (Å²) in [4.78, 5) is 27.0. The van der Waals surface area contributed by atoms with Crippen molar-refractivity contribution in [3.63, 3.8) is 0 Å². The molecule has 0 saturated carbocycles. The largest absolute Gasteiger partial charge is 0.463 e. The molecular formula is C18H24N2O5. The van der Waals surface area contributed by atoms with Gasteiger partial charge in [-0.25, -0.2) is 4.79 Å². The van der Waals surface area contributed by atoms with Crippen LogP contribution in [0.15, 0.2) is 30.3 Å². The van der Waals surface area contributed by atoms with Gasteiger partial charge in [-0.2, -0.15) is 0 Å². The van der Waals surface area contributed by atoms with Crippen molar-refractivity contribution in [2.75, 3.05) is 46.0 Å². The van der Waals surface area contributed by atoms with Gasteiger partial charge in [-0.15, -0.1) is 0 Å². The van der Waals surface area contributed by atoms with Crippen LogP contribution in [0.1, 0.15) is 12.0 Å². The number of ether oxygens (including phenoxy) is 3. The lowest BCUT2D eigenvalue weighted by Gasteiger charge is -2.32. The lowest BCUT2D eigenvalue weighted by atomic mass is 10.2. The topological polar surface area (TPSA) is 68.3 Å². The van der Waals surface area contributed by atoms with E-state index in [0.717, 1.165) is 19.6 Å². The van der Waals surface area contributed by atoms with Crippen LogP contribution in [-0.4, -0.2) is 74.0 Å². The quantitative estimate of drug-likeness (QED) is 0.692. The highest BCUT2D eigenvalue weighted by Gasteiger charge is 2.24. The number of amides is 1. The third-order valence-electron chi connectivity index (χ3n) is 4.33. The molecule has 2 aliphatic rings. The van der Waals surface area contributed by atoms with Gasteiger partial charge in [0.15, 0.2) is 0 Å². The van der Waals surface area contributed by atoms with Gasteiger partial charge in [-0.05, 0) is 5.56 Å². The summed E-state index contributed by atoms with van der Waals surface area (Å²) in [5.74, 6) is -0.316. The molecule has 3 rings (SSSR count). The van der Waals surface area contributed by atoms with Crippen LogP contribution in [0.5, 0.6) is 0 Å². The highest BCUT2D eigenvalue weighted by atomic mass is 16.6. The summed E-state index contributed by atoms with van der Waals surface area (Å²) >= 11 is 0. The average molecular weight is 348 g/mol. The predicted octanol–water partition coefficient (Wildman–Crippen LogP) is 1.27. The minimum atomic E-state index is -0.361. The number of morpholine rings is 1. The van der Waals surface area contributed by atoms with Crippen LogP contribution in [0.2, 0.25) is 0 Å². The van der Waals surface area contributed by atoms with Crippen molar-refractivity contribution < 1.29 is 23.8 Å². The van der Waals surface area contributed by atoms with Gasteiger partial charge in [0, 0.05) is 26.2 Å². The summed E-state index contributed by atoms with van der Waals surface area (Å²) in [5, 5.41) is 0. The second kappa shape index (κ2) is 8.82. The molecule has 1 aromatic carbocycles. The molecule has 2 heterocycles. The summed E-state index contributed by atoms with van der Waals surface area (Å²) in [6.45, 7) is 4.61. The van der Waals surface area contributed by atoms with Crippen molar-refractivity contribution in [3.05, 3.63) is 35.9 Å². The number of carbonyl (C=O) groups is 2. The third kappa shape index (κ3) is 5.44. The fourth-order valence-corrected chi connectivity index (χ4v) is 2.98. The van der Waals surface area contributed by atoms with Gasteiger partial charge in [-0.3, -0.25) is 9.69 Å². The molecule has 25 heavy (non-hydrogen) atoms. The maximum atomic E-state index is 11.9. The van der Waals surface area contributed by atoms with E-state index in [1.165, 1.54) is 10.5 Å². The van der Waals surface area contributed by atoms with E-state index in [-0.39, 0.29) is 31.2 Å². The highest BCUT2D eigenvalue weighted by Crippen LogP contribution is 2.11. The van der Waals surface area contributed by atoms with E-state index in [4.69, 9.17) is 14.2 Å². The number of hydrogen-bond acceptors (Lipinski definition) is 6. The molecule has 0 aromatic heterocycles. The van der Waals surface area contributed by atoms with E-state index in [1.54, 1.807) is 0 Å². The first-order valence-corrected chi connectivity index (χ1v) is 8.66. The molecule has 0 bridgehead atoms. The van der Waals surface area contributed by atoms with Crippen molar-refractivity contribution >= 4 is 12.1 Å². The Labute approximate surface area is 147 Å². The minimum Gasteiger partial charge on any atom is -0.463 e. The number of carbonyl (C=O) groups excluding carboxylic acids is 2. The lowest BCUT2D eigenvalue weighted by Crippen LogP contribution is -2.44. The molecule has 2 saturated heterocycles. The Balaban J connectivity index is 1.36. The van der Waals surface area contributed by atoms with Crippen molar-refractivity contribution in [1.82, 2.24) is 9.80 Å². The molecular weight excluding hydrogens is 324 g/mol. The molecule has 1 atom stereocenters. The molecule has 1 aromatic rings. The second-order valence-electron chi connectivity index (χ2n) is 6.25. The Morgan fingerprint density at radius 3 is 2.80 bits per heavy atom. The third-order valence-corrected chi connectivity index (χ3v) is 4.33. The smallest absolute Gasteiger partial charge is 0.409 e. The molecule has 0 aliphatic carbocycles. The number of benzene rings is 1. The Kier molecular flexibility index (Phi) is 6.25. The molecule has 0 radical (unpaired) electrons. The van der Waals surface area contributed by atoms with Crippen LogP contribution in [0.3, 0.4) is 0 Å². The van der Waals surface area contributed by atoms with E-state index in [9.17, 15) is 9.59 Å². The summed E-state index contributed by atoms with van der Waals surface area (Å²) in [5.41, 5.74) is 1.26. The van der Waals surface area contributed by atoms with E-state index >= 15 is 0 Å². The van der Waals surface area contributed by atoms with Crippen LogP contribution in [-0.2, 0) is 25.5 Å². The number of esters is 1. The van der Waals surface area contributed by atoms with Gasteiger partial charge in [0.25, 0.3) is 0 Å². The molecule has 1 unspecified atom stereocenters. The number of rotatable bonds is 7. The fraction of sp³-hybridized carbons (Fsp3) is 0.556. The summed E-state index contributed by atoms with van der Waals surface area (Å²) in [6.07, 6.45) is -0.298. The first kappa shape index (κ1) is 17.7. The minimum absolute atomic E-state index is 0.113. The Morgan fingerprint density at radius 1 is 1.20 bits per heavy atom. The summed E-state index contributed by atoms with van der Waals surface area (Å²) in [7, 11) is 0. The molecule has 7 nitrogen and oxygen atoms in total. The monoisotopic (exact) mass is 348 g/mol. The molecule has 0 spiro atoms. The summed E-state index contributed by atoms with van der Waals surface area (Å²) < 4.78 is 15.8. The summed E-state index contributed by atoms with van der Waals surface area (Å²) in [6, 6.07) is 10.3. The van der Waals surface area contributed by atoms with E-state index in [2.05, 4.69) is 17.0 Å². The number of cyclic esters (lactones) is 1. The van der Waals surface area contributed by atoms with Crippen LogP contribution >= 0.6 is 0 Å². The Morgan fingerprint density at radius 2 is 2.04 bits per heavy atom. The van der Waals surface area contributed by atoms with Crippen LogP contribution in [0, 0.1) is 0 Å². The maximum absolute atomic E-state index is 11.9. The molecule has 2 aliphatic heterocycles. The van der Waals surface area contributed by atoms with Gasteiger partial charge in [0.05, 0.1) is 19.6 Å². The average Bonchev–Trinajstić information content (AvgIpc) is 3.04. The lowest BCUT2D eigenvalue weighted by molar-refractivity contribution is -0.150. The maximum Gasteiger partial charge on any atom is 0.409 e. The zero-order valence-corrected chi connectivity index (χ0v) is 14.3. The van der Waals surface area contributed by atoms with E-state index in [1.807, 2.05) is 18.2 Å². The highest BCUT2D eigenvalue weighted by molar-refractivity contribution is 5.72. The van der Waals surface area contributed by atoms with Gasteiger partial charge in [-0.1, -0.05) is 30.3 Å². The van der Waals surface area contributed by atoms with Gasteiger partial charge >= 0.3 is 12.1 Å². The second-order valence-corrected chi connectivity index (χ2v) is 6.25. The SMILES string of the molecule is O=C(CCN1CCOC1=O)OCC1CN(Cc2ccccc2)CCO1. The fourth-order valence-electron chi connectivity index (χ4n) is 2.98. The molecule has 1 amide bonds. The van der Waals surface area contributed by atoms with Crippen molar-refractivity contribution in [3.8, 4) is 0 Å². The van der Waals surface area contributed by atoms with Crippen LogP contribution in [0.25, 0.3) is 0 Å². The van der Waals surface area contributed by atoms with Gasteiger partial charge < -0.3 is 19.1 Å². The van der Waals surface area contributed by atoms with Crippen molar-refractivity contribution in [2.45, 2.75) is 19.1 Å². The van der Waals surface area contributed by atoms with E-state index < -0.39 is 0 Å². The molecule has 2 fully saturated rings. The van der Waals surface area contributed by atoms with Gasteiger partial charge in [0.2, 0.25) is 0 Å². The Bertz CT molecular complexity index is 580. The normalized spacial score (nSPS) is 21.2. The van der Waals surface area contributed by atoms with Crippen molar-refractivity contribution in [1.29, 1.82) is 0 Å². The first-order valence-electron chi connectivity index (χ1n) is 8.66. The first-order chi connectivity index (χ1) is 12.2. The molecule has 0 N–H and O–H groups in total. The standard InChI is InChI=1S/C18H24N2O5/c21-17(6-7-20-9-11-24-18(20)22)25-14-16-13-19(8-10-23-16)12-15-4-2-1-3-5-15/h1-5,16H,6-14H2.